The summed E-state index contributed by atoms with van der Waals surface area (Å²) >= 11 is 20.4. The van der Waals surface area contributed by atoms with Gasteiger partial charge in [-0.05, 0) is 35.7 Å². The van der Waals surface area contributed by atoms with E-state index in [0.29, 0.717) is 10.0 Å². The van der Waals surface area contributed by atoms with Crippen LogP contribution in [0.1, 0.15) is 17.2 Å². The molecule has 0 saturated heterocycles. The Morgan fingerprint density at radius 1 is 1.13 bits per heavy atom. The average Bonchev–Trinajstić information content (AvgIpc) is 3.02. The Bertz CT molecular complexity index is 734. The van der Waals surface area contributed by atoms with Crippen molar-refractivity contribution >= 4 is 51.7 Å². The molecule has 0 aromatic heterocycles. The molecule has 0 radical (unpaired) electrons. The number of nitrogens with one attached hydrogen (secondary N) is 1. The summed E-state index contributed by atoms with van der Waals surface area (Å²) in [6.45, 7) is 0.847. The van der Waals surface area contributed by atoms with Crippen molar-refractivity contribution in [1.29, 1.82) is 0 Å². The summed E-state index contributed by atoms with van der Waals surface area (Å²) in [5.74, 6) is 1.01. The van der Waals surface area contributed by atoms with Crippen LogP contribution >= 0.6 is 46.6 Å². The molecule has 0 amide bonds. The molecular weight excluding hydrogens is 371 g/mol. The molecule has 0 bridgehead atoms. The Balaban J connectivity index is 1.91. The largest absolute Gasteiger partial charge is 0.358 e. The first-order valence-electron chi connectivity index (χ1n) is 7.25. The van der Waals surface area contributed by atoms with Crippen LogP contribution in [0.3, 0.4) is 0 Å². The van der Waals surface area contributed by atoms with Crippen molar-refractivity contribution in [2.45, 2.75) is 12.5 Å². The minimum atomic E-state index is -0.0102. The lowest BCUT2D eigenvalue weighted by molar-refractivity contribution is 0.648. The molecule has 2 nitrogen and oxygen atoms in total. The summed E-state index contributed by atoms with van der Waals surface area (Å²) in [5.41, 5.74) is 2.10. The van der Waals surface area contributed by atoms with Crippen molar-refractivity contribution in [3.63, 3.8) is 0 Å². The highest BCUT2D eigenvalue weighted by Crippen LogP contribution is 2.32. The zero-order valence-electron chi connectivity index (χ0n) is 12.2. The second kappa shape index (κ2) is 7.80. The number of aliphatic imine (C=N–C) groups is 1. The Kier molecular flexibility index (Phi) is 5.76. The van der Waals surface area contributed by atoms with Crippen molar-refractivity contribution in [3.8, 4) is 0 Å². The summed E-state index contributed by atoms with van der Waals surface area (Å²) in [6.07, 6.45) is 0.750. The first-order valence-corrected chi connectivity index (χ1v) is 9.37. The van der Waals surface area contributed by atoms with Crippen molar-refractivity contribution in [1.82, 2.24) is 5.32 Å². The standard InChI is InChI=1S/C17H15Cl3N2S/c18-12-4-1-3-11(9-12)10-15(22-17-21-7-8-23-17)13-5-2-6-14(19)16(13)20/h1-6,9,15H,7-8,10H2,(H,21,22). The van der Waals surface area contributed by atoms with Crippen molar-refractivity contribution in [2.75, 3.05) is 12.3 Å². The van der Waals surface area contributed by atoms with Gasteiger partial charge in [0.1, 0.15) is 0 Å². The van der Waals surface area contributed by atoms with Gasteiger partial charge >= 0.3 is 0 Å². The SMILES string of the molecule is Clc1cccc(CC(NC2=NCCS2)c2cccc(Cl)c2Cl)c1. The third-order valence-electron chi connectivity index (χ3n) is 3.57. The minimum Gasteiger partial charge on any atom is -0.358 e. The molecule has 0 fully saturated rings. The van der Waals surface area contributed by atoms with Crippen LogP contribution in [-0.4, -0.2) is 17.5 Å². The van der Waals surface area contributed by atoms with Gasteiger partial charge in [0.15, 0.2) is 5.17 Å². The second-order valence-electron chi connectivity index (χ2n) is 5.21. The monoisotopic (exact) mass is 384 g/mol. The Labute approximate surface area is 155 Å². The fourth-order valence-corrected chi connectivity index (χ4v) is 3.94. The Morgan fingerprint density at radius 3 is 2.70 bits per heavy atom. The lowest BCUT2D eigenvalue weighted by Crippen LogP contribution is -2.27. The topological polar surface area (TPSA) is 24.4 Å². The van der Waals surface area contributed by atoms with Gasteiger partial charge in [0.2, 0.25) is 0 Å². The number of rotatable bonds is 4. The van der Waals surface area contributed by atoms with Crippen LogP contribution in [0, 0.1) is 0 Å². The molecule has 2 aromatic carbocycles. The van der Waals surface area contributed by atoms with Crippen LogP contribution in [0.5, 0.6) is 0 Å². The molecule has 120 valence electrons. The van der Waals surface area contributed by atoms with E-state index in [1.165, 1.54) is 0 Å². The number of benzene rings is 2. The zero-order chi connectivity index (χ0) is 16.2. The summed E-state index contributed by atoms with van der Waals surface area (Å²) in [4.78, 5) is 4.48. The van der Waals surface area contributed by atoms with Gasteiger partial charge in [0.25, 0.3) is 0 Å². The highest BCUT2D eigenvalue weighted by atomic mass is 35.5. The van der Waals surface area contributed by atoms with Crippen LogP contribution in [-0.2, 0) is 6.42 Å². The summed E-state index contributed by atoms with van der Waals surface area (Å²) in [7, 11) is 0. The molecule has 2 aromatic rings. The normalized spacial score (nSPS) is 15.3. The molecule has 1 aliphatic heterocycles. The van der Waals surface area contributed by atoms with E-state index in [1.54, 1.807) is 17.8 Å². The molecule has 1 heterocycles. The molecule has 1 unspecified atom stereocenters. The maximum atomic E-state index is 6.43. The third-order valence-corrected chi connectivity index (χ3v) is 5.54. The van der Waals surface area contributed by atoms with Gasteiger partial charge < -0.3 is 5.32 Å². The van der Waals surface area contributed by atoms with E-state index in [0.717, 1.165) is 40.0 Å². The summed E-state index contributed by atoms with van der Waals surface area (Å²) < 4.78 is 0. The minimum absolute atomic E-state index is 0.0102. The van der Waals surface area contributed by atoms with E-state index < -0.39 is 0 Å². The van der Waals surface area contributed by atoms with E-state index in [2.05, 4.69) is 16.4 Å². The van der Waals surface area contributed by atoms with Gasteiger partial charge in [-0.2, -0.15) is 0 Å². The molecule has 0 spiro atoms. The lowest BCUT2D eigenvalue weighted by atomic mass is 9.99. The maximum Gasteiger partial charge on any atom is 0.157 e. The van der Waals surface area contributed by atoms with Gasteiger partial charge in [-0.25, -0.2) is 0 Å². The summed E-state index contributed by atoms with van der Waals surface area (Å²) in [5, 5.41) is 6.31. The fraction of sp³-hybridized carbons (Fsp3) is 0.235. The van der Waals surface area contributed by atoms with E-state index in [-0.39, 0.29) is 6.04 Å². The molecule has 1 N–H and O–H groups in total. The van der Waals surface area contributed by atoms with E-state index >= 15 is 0 Å². The Hall–Kier alpha value is -0.870. The Morgan fingerprint density at radius 2 is 1.96 bits per heavy atom. The quantitative estimate of drug-likeness (QED) is 0.738. The predicted molar refractivity (Wildman–Crippen MR) is 102 cm³/mol. The van der Waals surface area contributed by atoms with Crippen molar-refractivity contribution in [2.24, 2.45) is 4.99 Å². The van der Waals surface area contributed by atoms with Gasteiger partial charge in [0.05, 0.1) is 22.6 Å². The molecule has 6 heteroatoms. The maximum absolute atomic E-state index is 6.43. The predicted octanol–water partition coefficient (Wildman–Crippen LogP) is 5.62. The average molecular weight is 386 g/mol. The highest BCUT2D eigenvalue weighted by Gasteiger charge is 2.20. The molecule has 0 saturated carbocycles. The number of nitrogens with zero attached hydrogens (tertiary/aromatic N) is 1. The highest BCUT2D eigenvalue weighted by molar-refractivity contribution is 8.14. The molecule has 1 atom stereocenters. The number of thioether (sulfide) groups is 1. The number of hydrogen-bond donors (Lipinski definition) is 1. The third kappa shape index (κ3) is 4.36. The molecule has 3 rings (SSSR count). The fourth-order valence-electron chi connectivity index (χ4n) is 2.50. The lowest BCUT2D eigenvalue weighted by Gasteiger charge is -2.22. The van der Waals surface area contributed by atoms with Gasteiger partial charge in [0, 0.05) is 10.8 Å². The number of amidine groups is 1. The van der Waals surface area contributed by atoms with E-state index in [1.807, 2.05) is 30.3 Å². The molecular formula is C17H15Cl3N2S. The second-order valence-corrected chi connectivity index (χ2v) is 7.51. The molecule has 0 aliphatic carbocycles. The smallest absolute Gasteiger partial charge is 0.157 e. The summed E-state index contributed by atoms with van der Waals surface area (Å²) in [6, 6.07) is 13.6. The first-order chi connectivity index (χ1) is 11.1. The van der Waals surface area contributed by atoms with Gasteiger partial charge in [-0.15, -0.1) is 0 Å². The van der Waals surface area contributed by atoms with Crippen LogP contribution in [0.2, 0.25) is 15.1 Å². The number of halogens is 3. The van der Waals surface area contributed by atoms with Crippen LogP contribution < -0.4 is 5.32 Å². The van der Waals surface area contributed by atoms with Gasteiger partial charge in [-0.1, -0.05) is 70.8 Å². The van der Waals surface area contributed by atoms with E-state index in [4.69, 9.17) is 34.8 Å². The van der Waals surface area contributed by atoms with Crippen LogP contribution in [0.4, 0.5) is 0 Å². The van der Waals surface area contributed by atoms with Gasteiger partial charge in [-0.3, -0.25) is 4.99 Å². The van der Waals surface area contributed by atoms with Crippen molar-refractivity contribution < 1.29 is 0 Å². The van der Waals surface area contributed by atoms with Crippen LogP contribution in [0.15, 0.2) is 47.5 Å². The van der Waals surface area contributed by atoms with Crippen molar-refractivity contribution in [3.05, 3.63) is 68.7 Å². The first kappa shape index (κ1) is 17.0. The number of hydrogen-bond acceptors (Lipinski definition) is 3. The van der Waals surface area contributed by atoms with Crippen LogP contribution in [0.25, 0.3) is 0 Å². The molecule has 23 heavy (non-hydrogen) atoms. The molecule has 1 aliphatic rings. The zero-order valence-corrected chi connectivity index (χ0v) is 15.3. The van der Waals surface area contributed by atoms with E-state index in [9.17, 15) is 0 Å².